The topological polar surface area (TPSA) is 90.7 Å². The molecule has 45 heavy (non-hydrogen) atoms. The van der Waals surface area contributed by atoms with Crippen LogP contribution >= 0.6 is 0 Å². The van der Waals surface area contributed by atoms with Gasteiger partial charge in [-0.3, -0.25) is 0 Å². The Morgan fingerprint density at radius 3 is 2.62 bits per heavy atom. The number of halogens is 2. The lowest BCUT2D eigenvalue weighted by molar-refractivity contribution is 0.0447. The third-order valence-corrected chi connectivity index (χ3v) is 9.87. The lowest BCUT2D eigenvalue weighted by Gasteiger charge is -2.38. The van der Waals surface area contributed by atoms with Gasteiger partial charge in [0.15, 0.2) is 5.82 Å². The number of aliphatic hydroxyl groups is 1. The molecule has 234 valence electrons. The average molecular weight is 613 g/mol. The Morgan fingerprint density at radius 2 is 1.89 bits per heavy atom. The summed E-state index contributed by atoms with van der Waals surface area (Å²) in [6, 6.07) is 9.04. The van der Waals surface area contributed by atoms with Crippen LogP contribution in [-0.2, 0) is 0 Å². The molecule has 9 heteroatoms. The van der Waals surface area contributed by atoms with E-state index in [4.69, 9.17) is 16.1 Å². The van der Waals surface area contributed by atoms with Crippen LogP contribution in [0.2, 0.25) is 0 Å². The zero-order valence-electron chi connectivity index (χ0n) is 25.5. The summed E-state index contributed by atoms with van der Waals surface area (Å²) in [5.74, 6) is 2.21. The van der Waals surface area contributed by atoms with E-state index in [1.165, 1.54) is 24.3 Å². The highest BCUT2D eigenvalue weighted by Gasteiger charge is 2.45. The molecule has 7 nitrogen and oxygen atoms in total. The number of aromatic hydroxyl groups is 1. The molecular weight excluding hydrogens is 574 g/mol. The number of nitrogens with one attached hydrogen (secondary N) is 1. The molecule has 7 rings (SSSR count). The highest BCUT2D eigenvalue weighted by Crippen LogP contribution is 2.52. The predicted molar refractivity (Wildman–Crippen MR) is 171 cm³/mol. The maximum atomic E-state index is 16.8. The van der Waals surface area contributed by atoms with Crippen molar-refractivity contribution in [2.45, 2.75) is 57.5 Å². The van der Waals surface area contributed by atoms with Crippen molar-refractivity contribution in [3.05, 3.63) is 53.6 Å². The summed E-state index contributed by atoms with van der Waals surface area (Å²) >= 11 is 0. The molecule has 3 heterocycles. The second-order valence-electron chi connectivity index (χ2n) is 13.5. The fourth-order valence-corrected chi connectivity index (χ4v) is 7.32. The number of phenolic OH excluding ortho intramolecular Hbond substituents is 1. The first-order chi connectivity index (χ1) is 21.7. The highest BCUT2D eigenvalue weighted by molar-refractivity contribution is 6.04. The van der Waals surface area contributed by atoms with Gasteiger partial charge >= 0.3 is 6.01 Å². The van der Waals surface area contributed by atoms with E-state index in [1.807, 2.05) is 4.90 Å². The minimum Gasteiger partial charge on any atom is -0.508 e. The van der Waals surface area contributed by atoms with E-state index in [0.717, 1.165) is 51.6 Å². The minimum absolute atomic E-state index is 0.00609. The van der Waals surface area contributed by atoms with Crippen LogP contribution in [0.25, 0.3) is 32.8 Å². The van der Waals surface area contributed by atoms with Crippen LogP contribution in [0.15, 0.2) is 36.4 Å². The van der Waals surface area contributed by atoms with Gasteiger partial charge in [-0.1, -0.05) is 18.1 Å². The molecule has 1 aromatic heterocycles. The van der Waals surface area contributed by atoms with Gasteiger partial charge < -0.3 is 25.2 Å². The van der Waals surface area contributed by atoms with E-state index in [0.29, 0.717) is 54.0 Å². The third-order valence-electron chi connectivity index (χ3n) is 9.87. The number of β-amino-alcohol motifs (C(OH)–C–C–N with tert-alkyl or cyclic N) is 1. The molecule has 0 radical (unpaired) electrons. The molecule has 2 aliphatic heterocycles. The summed E-state index contributed by atoms with van der Waals surface area (Å²) in [7, 11) is 0. The largest absolute Gasteiger partial charge is 0.508 e. The lowest BCUT2D eigenvalue weighted by Crippen LogP contribution is -2.46. The molecule has 3 aromatic carbocycles. The Bertz CT molecular complexity index is 1830. The summed E-state index contributed by atoms with van der Waals surface area (Å²) in [5.41, 5.74) is -0.399. The van der Waals surface area contributed by atoms with Gasteiger partial charge in [-0.25, -0.2) is 8.78 Å². The van der Waals surface area contributed by atoms with E-state index in [-0.39, 0.29) is 39.4 Å². The van der Waals surface area contributed by atoms with Crippen LogP contribution in [0.1, 0.15) is 57.4 Å². The van der Waals surface area contributed by atoms with Gasteiger partial charge in [-0.15, -0.1) is 6.42 Å². The monoisotopic (exact) mass is 612 g/mol. The zero-order valence-corrected chi connectivity index (χ0v) is 25.5. The standard InChI is InChI=1S/C36H38F2N4O3/c1-3-25-29(37)8-5-23-17-24(43)18-28(30(23)25)26-6-7-27-32(31(26)38)40-34(41-33(27)42-16-4-11-35(2,44)20-42)45-21-36(12-13-36)19-22-9-14-39-15-10-22/h1,5-8,17-18,22,39,43-44H,4,9-16,19-21H2,2H3/t35-/m1/s1. The van der Waals surface area contributed by atoms with Crippen molar-refractivity contribution in [3.8, 4) is 35.2 Å². The van der Waals surface area contributed by atoms with E-state index in [2.05, 4.69) is 16.2 Å². The summed E-state index contributed by atoms with van der Waals surface area (Å²) in [6.45, 7) is 5.33. The molecule has 0 amide bonds. The lowest BCUT2D eigenvalue weighted by atomic mass is 9.86. The van der Waals surface area contributed by atoms with Gasteiger partial charge in [0.05, 0.1) is 17.8 Å². The second-order valence-corrected chi connectivity index (χ2v) is 13.5. The number of anilines is 1. The number of ether oxygens (including phenoxy) is 1. The molecule has 3 aliphatic rings. The molecule has 3 N–H and O–H groups in total. The van der Waals surface area contributed by atoms with Gasteiger partial charge in [0.1, 0.15) is 22.9 Å². The van der Waals surface area contributed by atoms with Crippen molar-refractivity contribution in [2.24, 2.45) is 11.3 Å². The van der Waals surface area contributed by atoms with E-state index in [1.54, 1.807) is 19.1 Å². The molecule has 3 fully saturated rings. The van der Waals surface area contributed by atoms with Crippen molar-refractivity contribution in [1.29, 1.82) is 0 Å². The molecule has 1 aliphatic carbocycles. The fraction of sp³-hybridized carbons (Fsp3) is 0.444. The number of piperidine rings is 2. The molecule has 0 spiro atoms. The van der Waals surface area contributed by atoms with Crippen molar-refractivity contribution < 1.29 is 23.7 Å². The van der Waals surface area contributed by atoms with Crippen LogP contribution in [0.4, 0.5) is 14.6 Å². The molecule has 4 aromatic rings. The normalized spacial score (nSPS) is 21.6. The minimum atomic E-state index is -0.919. The van der Waals surface area contributed by atoms with Gasteiger partial charge in [0, 0.05) is 34.8 Å². The Labute approximate surface area is 261 Å². The molecule has 1 saturated carbocycles. The quantitative estimate of drug-likeness (QED) is 0.211. The van der Waals surface area contributed by atoms with Crippen LogP contribution in [0.3, 0.4) is 0 Å². The average Bonchev–Trinajstić information content (AvgIpc) is 3.79. The third kappa shape index (κ3) is 5.78. The Kier molecular flexibility index (Phi) is 7.53. The number of fused-ring (bicyclic) bond motifs is 2. The molecule has 2 saturated heterocycles. The van der Waals surface area contributed by atoms with E-state index >= 15 is 4.39 Å². The van der Waals surface area contributed by atoms with Crippen molar-refractivity contribution in [2.75, 3.05) is 37.7 Å². The maximum absolute atomic E-state index is 16.8. The van der Waals surface area contributed by atoms with Crippen molar-refractivity contribution in [1.82, 2.24) is 15.3 Å². The number of nitrogens with zero attached hydrogens (tertiary/aromatic N) is 3. The smallest absolute Gasteiger partial charge is 0.319 e. The highest BCUT2D eigenvalue weighted by atomic mass is 19.1. The Morgan fingerprint density at radius 1 is 1.09 bits per heavy atom. The molecular formula is C36H38F2N4O3. The van der Waals surface area contributed by atoms with Gasteiger partial charge in [-0.2, -0.15) is 9.97 Å². The van der Waals surface area contributed by atoms with Crippen molar-refractivity contribution in [3.63, 3.8) is 0 Å². The predicted octanol–water partition coefficient (Wildman–Crippen LogP) is 6.32. The van der Waals surface area contributed by atoms with Gasteiger partial charge in [-0.05, 0) is 106 Å². The first-order valence-electron chi connectivity index (χ1n) is 15.9. The fourth-order valence-electron chi connectivity index (χ4n) is 7.32. The number of phenols is 1. The van der Waals surface area contributed by atoms with Crippen LogP contribution < -0.4 is 15.0 Å². The zero-order chi connectivity index (χ0) is 31.3. The van der Waals surface area contributed by atoms with Crippen LogP contribution in [-0.4, -0.2) is 58.6 Å². The summed E-state index contributed by atoms with van der Waals surface area (Å²) in [6.07, 6.45) is 12.7. The molecule has 0 unspecified atom stereocenters. The summed E-state index contributed by atoms with van der Waals surface area (Å²) in [5, 5.41) is 26.2. The number of rotatable bonds is 7. The maximum Gasteiger partial charge on any atom is 0.319 e. The van der Waals surface area contributed by atoms with Crippen molar-refractivity contribution >= 4 is 27.5 Å². The first kappa shape index (κ1) is 29.7. The SMILES string of the molecule is C#Cc1c(F)ccc2cc(O)cc(-c3ccc4c(N5CCC[C@@](C)(O)C5)nc(OCC5(CC6CCNCC6)CC5)nc4c3F)c12. The van der Waals surface area contributed by atoms with E-state index in [9.17, 15) is 14.6 Å². The number of aromatic nitrogens is 2. The summed E-state index contributed by atoms with van der Waals surface area (Å²) in [4.78, 5) is 11.4. The Balaban J connectivity index is 1.33. The summed E-state index contributed by atoms with van der Waals surface area (Å²) < 4.78 is 37.9. The second kappa shape index (κ2) is 11.4. The van der Waals surface area contributed by atoms with Crippen LogP contribution in [0.5, 0.6) is 11.8 Å². The van der Waals surface area contributed by atoms with Gasteiger partial charge in [0.2, 0.25) is 0 Å². The number of terminal acetylenes is 1. The molecule has 1 atom stereocenters. The number of benzene rings is 3. The first-order valence-corrected chi connectivity index (χ1v) is 15.9. The number of hydrogen-bond donors (Lipinski definition) is 3. The van der Waals surface area contributed by atoms with Crippen LogP contribution in [0, 0.1) is 35.3 Å². The van der Waals surface area contributed by atoms with E-state index < -0.39 is 17.2 Å². The number of hydrogen-bond acceptors (Lipinski definition) is 7. The Hall–Kier alpha value is -4.00. The van der Waals surface area contributed by atoms with Gasteiger partial charge in [0.25, 0.3) is 0 Å². The molecule has 0 bridgehead atoms.